The Balaban J connectivity index is 2.15. The molecule has 0 spiro atoms. The molecule has 0 saturated heterocycles. The van der Waals surface area contributed by atoms with Gasteiger partial charge in [-0.05, 0) is 49.6 Å². The number of pyridine rings is 1. The number of Topliss-reactive ketones (excluding diaryl/α,β-unsaturated/α-hetero) is 1. The largest absolute Gasteiger partial charge is 0.352 e. The van der Waals surface area contributed by atoms with Crippen molar-refractivity contribution in [3.8, 4) is 5.69 Å². The third-order valence-corrected chi connectivity index (χ3v) is 4.82. The summed E-state index contributed by atoms with van der Waals surface area (Å²) < 4.78 is 1.48. The summed E-state index contributed by atoms with van der Waals surface area (Å²) in [6, 6.07) is 8.29. The Labute approximate surface area is 157 Å². The van der Waals surface area contributed by atoms with E-state index in [9.17, 15) is 14.4 Å². The van der Waals surface area contributed by atoms with Gasteiger partial charge < -0.3 is 5.32 Å². The van der Waals surface area contributed by atoms with Gasteiger partial charge in [0.2, 0.25) is 0 Å². The lowest BCUT2D eigenvalue weighted by atomic mass is 9.92. The molecule has 1 N–H and O–H groups in total. The number of halogens is 1. The maximum atomic E-state index is 13.1. The van der Waals surface area contributed by atoms with E-state index in [4.69, 9.17) is 11.6 Å². The molecule has 3 rings (SSSR count). The summed E-state index contributed by atoms with van der Waals surface area (Å²) >= 11 is 5.95. The van der Waals surface area contributed by atoms with Crippen LogP contribution < -0.4 is 10.9 Å². The van der Waals surface area contributed by atoms with E-state index < -0.39 is 11.5 Å². The van der Waals surface area contributed by atoms with E-state index in [2.05, 4.69) is 5.32 Å². The van der Waals surface area contributed by atoms with Crippen molar-refractivity contribution in [2.24, 2.45) is 0 Å². The molecule has 1 aliphatic carbocycles. The molecular formula is C20H21ClN2O3. The predicted octanol–water partition coefficient (Wildman–Crippen LogP) is 3.54. The lowest BCUT2D eigenvalue weighted by molar-refractivity contribution is 0.0951. The van der Waals surface area contributed by atoms with Crippen molar-refractivity contribution in [1.29, 1.82) is 0 Å². The summed E-state index contributed by atoms with van der Waals surface area (Å²) in [5.41, 5.74) is 1.33. The number of rotatable bonds is 5. The van der Waals surface area contributed by atoms with E-state index >= 15 is 0 Å². The Morgan fingerprint density at radius 3 is 2.62 bits per heavy atom. The fraction of sp³-hybridized carbons (Fsp3) is 0.350. The molecule has 0 saturated carbocycles. The molecule has 1 heterocycles. The van der Waals surface area contributed by atoms with Crippen molar-refractivity contribution in [3.05, 3.63) is 62.5 Å². The van der Waals surface area contributed by atoms with Crippen molar-refractivity contribution in [2.75, 3.05) is 6.54 Å². The van der Waals surface area contributed by atoms with Gasteiger partial charge in [0.25, 0.3) is 11.5 Å². The summed E-state index contributed by atoms with van der Waals surface area (Å²) in [6.45, 7) is 2.53. The molecule has 1 aromatic carbocycles. The van der Waals surface area contributed by atoms with Crippen molar-refractivity contribution in [3.63, 3.8) is 0 Å². The summed E-state index contributed by atoms with van der Waals surface area (Å²) in [6.07, 6.45) is 3.53. The Hall–Kier alpha value is -2.40. The minimum absolute atomic E-state index is 0.00468. The summed E-state index contributed by atoms with van der Waals surface area (Å²) in [7, 11) is 0. The van der Waals surface area contributed by atoms with Gasteiger partial charge in [0.05, 0.1) is 0 Å². The zero-order valence-electron chi connectivity index (χ0n) is 14.7. The first-order chi connectivity index (χ1) is 12.5. The van der Waals surface area contributed by atoms with Crippen LogP contribution in [0.2, 0.25) is 5.02 Å². The second kappa shape index (κ2) is 7.87. The lowest BCUT2D eigenvalue weighted by Gasteiger charge is -2.21. The molecule has 0 radical (unpaired) electrons. The van der Waals surface area contributed by atoms with Gasteiger partial charge >= 0.3 is 0 Å². The van der Waals surface area contributed by atoms with Crippen LogP contribution in [0.15, 0.2) is 35.1 Å². The zero-order chi connectivity index (χ0) is 18.7. The standard InChI is InChI=1S/C20H21ClN2O3/c1-2-3-11-22-19(25)16-12-15-17(5-4-6-18(15)24)23(20(16)26)14-9-7-13(21)8-10-14/h7-10,12H,2-6,11H2,1H3,(H,22,25). The van der Waals surface area contributed by atoms with Crippen LogP contribution >= 0.6 is 11.6 Å². The number of fused-ring (bicyclic) bond motifs is 1. The predicted molar refractivity (Wildman–Crippen MR) is 102 cm³/mol. The van der Waals surface area contributed by atoms with Crippen LogP contribution in [0.25, 0.3) is 5.69 Å². The van der Waals surface area contributed by atoms with E-state index in [0.717, 1.165) is 12.8 Å². The normalized spacial score (nSPS) is 13.4. The quantitative estimate of drug-likeness (QED) is 0.816. The van der Waals surface area contributed by atoms with E-state index in [1.807, 2.05) is 6.92 Å². The molecule has 0 fully saturated rings. The molecule has 136 valence electrons. The molecule has 0 atom stereocenters. The summed E-state index contributed by atoms with van der Waals surface area (Å²) in [5, 5.41) is 3.32. The number of benzene rings is 1. The highest BCUT2D eigenvalue weighted by Crippen LogP contribution is 2.24. The highest BCUT2D eigenvalue weighted by atomic mass is 35.5. The van der Waals surface area contributed by atoms with Crippen LogP contribution in [-0.2, 0) is 6.42 Å². The fourth-order valence-corrected chi connectivity index (χ4v) is 3.32. The molecule has 1 amide bonds. The highest BCUT2D eigenvalue weighted by Gasteiger charge is 2.26. The SMILES string of the molecule is CCCCNC(=O)c1cc2c(n(-c3ccc(Cl)cc3)c1=O)CCCC2=O. The van der Waals surface area contributed by atoms with Gasteiger partial charge in [0, 0.05) is 34.9 Å². The number of amides is 1. The number of nitrogens with one attached hydrogen (secondary N) is 1. The Bertz CT molecular complexity index is 901. The number of ketones is 1. The van der Waals surface area contributed by atoms with Crippen LogP contribution in [0.1, 0.15) is 59.0 Å². The third-order valence-electron chi connectivity index (χ3n) is 4.57. The van der Waals surface area contributed by atoms with E-state index in [1.54, 1.807) is 24.3 Å². The van der Waals surface area contributed by atoms with Gasteiger partial charge in [0.1, 0.15) is 5.56 Å². The lowest BCUT2D eigenvalue weighted by Crippen LogP contribution is -2.36. The van der Waals surface area contributed by atoms with E-state index in [0.29, 0.717) is 47.8 Å². The van der Waals surface area contributed by atoms with E-state index in [-0.39, 0.29) is 11.3 Å². The molecule has 0 unspecified atom stereocenters. The van der Waals surface area contributed by atoms with Crippen molar-refractivity contribution >= 4 is 23.3 Å². The molecule has 6 heteroatoms. The van der Waals surface area contributed by atoms with Gasteiger partial charge in [-0.2, -0.15) is 0 Å². The number of carbonyl (C=O) groups excluding carboxylic acids is 2. The van der Waals surface area contributed by atoms with Crippen LogP contribution in [-0.4, -0.2) is 22.8 Å². The molecule has 5 nitrogen and oxygen atoms in total. The smallest absolute Gasteiger partial charge is 0.268 e. The number of hydrogen-bond donors (Lipinski definition) is 1. The monoisotopic (exact) mass is 372 g/mol. The zero-order valence-corrected chi connectivity index (χ0v) is 15.4. The third kappa shape index (κ3) is 3.58. The topological polar surface area (TPSA) is 68.2 Å². The second-order valence-corrected chi connectivity index (χ2v) is 6.86. The maximum Gasteiger partial charge on any atom is 0.268 e. The van der Waals surface area contributed by atoms with Crippen LogP contribution in [0.4, 0.5) is 0 Å². The summed E-state index contributed by atoms with van der Waals surface area (Å²) in [5.74, 6) is -0.469. The number of carbonyl (C=O) groups is 2. The Morgan fingerprint density at radius 2 is 1.92 bits per heavy atom. The first kappa shape index (κ1) is 18.4. The van der Waals surface area contributed by atoms with Gasteiger partial charge in [-0.15, -0.1) is 0 Å². The highest BCUT2D eigenvalue weighted by molar-refractivity contribution is 6.30. The second-order valence-electron chi connectivity index (χ2n) is 6.42. The van der Waals surface area contributed by atoms with Gasteiger partial charge in [0.15, 0.2) is 5.78 Å². The number of unbranched alkanes of at least 4 members (excludes halogenated alkanes) is 1. The molecule has 0 aliphatic heterocycles. The van der Waals surface area contributed by atoms with Crippen LogP contribution in [0.5, 0.6) is 0 Å². The van der Waals surface area contributed by atoms with Crippen LogP contribution in [0, 0.1) is 0 Å². The molecule has 26 heavy (non-hydrogen) atoms. The van der Waals surface area contributed by atoms with Crippen molar-refractivity contribution < 1.29 is 9.59 Å². The Kier molecular flexibility index (Phi) is 5.57. The minimum atomic E-state index is -0.438. The minimum Gasteiger partial charge on any atom is -0.352 e. The van der Waals surface area contributed by atoms with Crippen molar-refractivity contribution in [2.45, 2.75) is 39.0 Å². The molecule has 1 aromatic heterocycles. The van der Waals surface area contributed by atoms with E-state index in [1.165, 1.54) is 10.6 Å². The van der Waals surface area contributed by atoms with Gasteiger partial charge in [-0.1, -0.05) is 24.9 Å². The van der Waals surface area contributed by atoms with Gasteiger partial charge in [-0.3, -0.25) is 19.0 Å². The first-order valence-electron chi connectivity index (χ1n) is 8.89. The molecule has 0 bridgehead atoms. The number of hydrogen-bond acceptors (Lipinski definition) is 3. The average molecular weight is 373 g/mol. The van der Waals surface area contributed by atoms with Crippen molar-refractivity contribution in [1.82, 2.24) is 9.88 Å². The molecule has 2 aromatic rings. The average Bonchev–Trinajstić information content (AvgIpc) is 2.63. The molecular weight excluding hydrogens is 352 g/mol. The number of aromatic nitrogens is 1. The summed E-state index contributed by atoms with van der Waals surface area (Å²) in [4.78, 5) is 38.0. The molecule has 1 aliphatic rings. The number of nitrogens with zero attached hydrogens (tertiary/aromatic N) is 1. The maximum absolute atomic E-state index is 13.1. The van der Waals surface area contributed by atoms with Crippen LogP contribution in [0.3, 0.4) is 0 Å². The fourth-order valence-electron chi connectivity index (χ4n) is 3.19. The Morgan fingerprint density at radius 1 is 1.19 bits per heavy atom. The first-order valence-corrected chi connectivity index (χ1v) is 9.27. The van der Waals surface area contributed by atoms with Gasteiger partial charge in [-0.25, -0.2) is 0 Å².